The van der Waals surface area contributed by atoms with Crippen LogP contribution in [0, 0.1) is 0 Å². The van der Waals surface area contributed by atoms with Gasteiger partial charge in [0.15, 0.2) is 5.58 Å². The summed E-state index contributed by atoms with van der Waals surface area (Å²) in [5.74, 6) is 0.469. The van der Waals surface area contributed by atoms with E-state index >= 15 is 0 Å². The molecule has 9 heteroatoms. The molecule has 8 nitrogen and oxygen atoms in total. The topological polar surface area (TPSA) is 107 Å². The van der Waals surface area contributed by atoms with Crippen LogP contribution in [0.25, 0.3) is 44.5 Å². The normalized spacial score (nSPS) is 14.6. The summed E-state index contributed by atoms with van der Waals surface area (Å²) in [6, 6.07) is 22.0. The maximum atomic E-state index is 14.2. The second kappa shape index (κ2) is 10.9. The molecule has 1 fully saturated rings. The molecule has 6 rings (SSSR count). The van der Waals surface area contributed by atoms with Crippen LogP contribution in [0.5, 0.6) is 0 Å². The Kier molecular flexibility index (Phi) is 7.24. The van der Waals surface area contributed by atoms with Crippen molar-refractivity contribution in [1.82, 2.24) is 14.9 Å². The monoisotopic (exact) mass is 581 g/mol. The smallest absolute Gasteiger partial charge is 0.405 e. The Morgan fingerprint density at radius 2 is 1.79 bits per heavy atom. The molecule has 1 aliphatic carbocycles. The van der Waals surface area contributed by atoms with E-state index < -0.39 is 19.7 Å². The number of aromatic nitrogens is 2. The lowest BCUT2D eigenvalue weighted by Crippen LogP contribution is -2.50. The van der Waals surface area contributed by atoms with Gasteiger partial charge < -0.3 is 24.1 Å². The third-order valence-corrected chi connectivity index (χ3v) is 9.90. The first-order valence-electron chi connectivity index (χ1n) is 14.4. The molecule has 42 heavy (non-hydrogen) atoms. The molecule has 0 radical (unpaired) electrons. The van der Waals surface area contributed by atoms with Gasteiger partial charge in [0.05, 0.1) is 28.3 Å². The number of carbonyl (C=O) groups is 1. The van der Waals surface area contributed by atoms with Gasteiger partial charge in [-0.1, -0.05) is 74.2 Å². The van der Waals surface area contributed by atoms with Crippen molar-refractivity contribution in [3.63, 3.8) is 0 Å². The van der Waals surface area contributed by atoms with Crippen LogP contribution in [0.4, 0.5) is 4.79 Å². The van der Waals surface area contributed by atoms with Gasteiger partial charge in [-0.3, -0.25) is 4.79 Å². The molecular weight excluding hydrogens is 546 g/mol. The average molecular weight is 582 g/mol. The fourth-order valence-electron chi connectivity index (χ4n) is 5.66. The van der Waals surface area contributed by atoms with Crippen molar-refractivity contribution in [2.24, 2.45) is 0 Å². The molecule has 0 aliphatic heterocycles. The number of rotatable bonds is 9. The van der Waals surface area contributed by atoms with Crippen molar-refractivity contribution in [2.75, 3.05) is 6.61 Å². The molecule has 0 saturated heterocycles. The Hall–Kier alpha value is -4.21. The molecule has 2 heterocycles. The molecule has 3 aromatic carbocycles. The van der Waals surface area contributed by atoms with Gasteiger partial charge in [0.2, 0.25) is 5.43 Å². The second-order valence-corrected chi connectivity index (χ2v) is 17.9. The zero-order chi connectivity index (χ0) is 29.5. The molecule has 1 saturated carbocycles. The van der Waals surface area contributed by atoms with Gasteiger partial charge in [0.1, 0.15) is 18.0 Å². The fraction of sp³-hybridized carbons (Fsp3) is 0.303. The Morgan fingerprint density at radius 1 is 1.05 bits per heavy atom. The van der Waals surface area contributed by atoms with E-state index in [9.17, 15) is 14.7 Å². The van der Waals surface area contributed by atoms with Crippen molar-refractivity contribution in [3.8, 4) is 22.5 Å². The van der Waals surface area contributed by atoms with Crippen LogP contribution >= 0.6 is 0 Å². The standard InChI is InChI=1S/C33H35N3O5Si/c1-42(2,3)19-18-40-21-36-20-34-28-26(36)15-14-25-29(37)27(30(41-31(25)28)23-8-5-4-6-9-23)22-10-12-24(13-11-22)33(16-7-17-33)35-32(38)39/h4-6,8-15,20,35H,7,16-19,21H2,1-3H3,(H,38,39). The van der Waals surface area contributed by atoms with Crippen molar-refractivity contribution in [1.29, 1.82) is 0 Å². The number of nitrogens with zero attached hydrogens (tertiary/aromatic N) is 2. The zero-order valence-electron chi connectivity index (χ0n) is 24.1. The third kappa shape index (κ3) is 5.25. The number of imidazole rings is 1. The van der Waals surface area contributed by atoms with Gasteiger partial charge >= 0.3 is 6.09 Å². The van der Waals surface area contributed by atoms with E-state index in [0.717, 1.165) is 42.0 Å². The molecule has 2 N–H and O–H groups in total. The summed E-state index contributed by atoms with van der Waals surface area (Å²) < 4.78 is 14.5. The van der Waals surface area contributed by atoms with E-state index in [1.54, 1.807) is 12.4 Å². The summed E-state index contributed by atoms with van der Waals surface area (Å²) in [6.45, 7) is 8.06. The first-order chi connectivity index (χ1) is 20.2. The Morgan fingerprint density at radius 3 is 2.43 bits per heavy atom. The van der Waals surface area contributed by atoms with E-state index in [2.05, 4.69) is 29.9 Å². The van der Waals surface area contributed by atoms with E-state index in [-0.39, 0.29) is 5.43 Å². The predicted molar refractivity (Wildman–Crippen MR) is 167 cm³/mol. The lowest BCUT2D eigenvalue weighted by Gasteiger charge is -2.42. The van der Waals surface area contributed by atoms with E-state index in [1.165, 1.54) is 0 Å². The van der Waals surface area contributed by atoms with Gasteiger partial charge in [-0.15, -0.1) is 0 Å². The molecule has 0 bridgehead atoms. The Labute approximate surface area is 245 Å². The number of hydrogen-bond donors (Lipinski definition) is 2. The number of carboxylic acid groups (broad SMARTS) is 1. The second-order valence-electron chi connectivity index (χ2n) is 12.3. The SMILES string of the molecule is C[Si](C)(C)CCOCn1cnc2c3oc(-c4ccccc4)c(-c4ccc(C5(NC(=O)O)CCC5)cc4)c(=O)c3ccc21. The van der Waals surface area contributed by atoms with Gasteiger partial charge in [-0.2, -0.15) is 0 Å². The molecule has 0 unspecified atom stereocenters. The first-order valence-corrected chi connectivity index (χ1v) is 18.1. The Bertz CT molecular complexity index is 1820. The molecule has 1 aliphatic rings. The summed E-state index contributed by atoms with van der Waals surface area (Å²) in [7, 11) is -1.19. The number of nitrogens with one attached hydrogen (secondary N) is 1. The summed E-state index contributed by atoms with van der Waals surface area (Å²) >= 11 is 0. The van der Waals surface area contributed by atoms with Crippen LogP contribution in [-0.4, -0.2) is 35.4 Å². The largest absolute Gasteiger partial charge is 0.465 e. The van der Waals surface area contributed by atoms with Crippen LogP contribution in [0.2, 0.25) is 25.7 Å². The average Bonchev–Trinajstić information content (AvgIpc) is 3.36. The van der Waals surface area contributed by atoms with Crippen molar-refractivity contribution in [3.05, 3.63) is 88.8 Å². The highest BCUT2D eigenvalue weighted by atomic mass is 28.3. The molecule has 1 amide bonds. The summed E-state index contributed by atoms with van der Waals surface area (Å²) in [6.07, 6.45) is 3.15. The minimum absolute atomic E-state index is 0.146. The van der Waals surface area contributed by atoms with Crippen molar-refractivity contribution in [2.45, 2.75) is 57.2 Å². The maximum absolute atomic E-state index is 14.2. The fourth-order valence-corrected chi connectivity index (χ4v) is 6.41. The molecule has 216 valence electrons. The highest BCUT2D eigenvalue weighted by molar-refractivity contribution is 6.76. The van der Waals surface area contributed by atoms with Crippen LogP contribution in [-0.2, 0) is 17.0 Å². The van der Waals surface area contributed by atoms with Crippen molar-refractivity contribution >= 4 is 36.2 Å². The quantitative estimate of drug-likeness (QED) is 0.138. The van der Waals surface area contributed by atoms with E-state index in [4.69, 9.17) is 9.15 Å². The first kappa shape index (κ1) is 27.9. The number of fused-ring (bicyclic) bond motifs is 3. The summed E-state index contributed by atoms with van der Waals surface area (Å²) in [5, 5.41) is 12.5. The lowest BCUT2D eigenvalue weighted by molar-refractivity contribution is 0.0898. The number of amides is 1. The number of benzene rings is 3. The molecule has 0 atom stereocenters. The van der Waals surface area contributed by atoms with Gasteiger partial charge in [0.25, 0.3) is 0 Å². The van der Waals surface area contributed by atoms with Crippen LogP contribution in [0.3, 0.4) is 0 Å². The van der Waals surface area contributed by atoms with Crippen LogP contribution in [0.15, 0.2) is 82.3 Å². The minimum Gasteiger partial charge on any atom is -0.465 e. The number of hydrogen-bond acceptors (Lipinski definition) is 5. The van der Waals surface area contributed by atoms with E-state index in [1.807, 2.05) is 65.2 Å². The van der Waals surface area contributed by atoms with Gasteiger partial charge in [-0.05, 0) is 48.6 Å². The van der Waals surface area contributed by atoms with Crippen LogP contribution < -0.4 is 10.7 Å². The van der Waals surface area contributed by atoms with Gasteiger partial charge in [0, 0.05) is 20.2 Å². The van der Waals surface area contributed by atoms with Crippen molar-refractivity contribution < 1.29 is 19.1 Å². The van der Waals surface area contributed by atoms with Gasteiger partial charge in [-0.25, -0.2) is 9.78 Å². The minimum atomic E-state index is -1.19. The summed E-state index contributed by atoms with van der Waals surface area (Å²) in [5.41, 5.74) is 4.01. The highest BCUT2D eigenvalue weighted by Gasteiger charge is 2.40. The molecular formula is C33H35N3O5Si. The van der Waals surface area contributed by atoms with Crippen LogP contribution in [0.1, 0.15) is 24.8 Å². The maximum Gasteiger partial charge on any atom is 0.405 e. The molecule has 2 aromatic heterocycles. The van der Waals surface area contributed by atoms with E-state index in [0.29, 0.717) is 46.7 Å². The highest BCUT2D eigenvalue weighted by Crippen LogP contribution is 2.42. The molecule has 0 spiro atoms. The number of ether oxygens (including phenoxy) is 1. The Balaban J connectivity index is 1.43. The lowest BCUT2D eigenvalue weighted by atomic mass is 9.71. The zero-order valence-corrected chi connectivity index (χ0v) is 25.1. The predicted octanol–water partition coefficient (Wildman–Crippen LogP) is 7.44. The summed E-state index contributed by atoms with van der Waals surface area (Å²) in [4.78, 5) is 30.3. The molecule has 5 aromatic rings. The third-order valence-electron chi connectivity index (χ3n) is 8.19.